The van der Waals surface area contributed by atoms with Gasteiger partial charge in [-0.3, -0.25) is 4.57 Å². The van der Waals surface area contributed by atoms with Crippen LogP contribution in [0.2, 0.25) is 10.0 Å². The van der Waals surface area contributed by atoms with Crippen molar-refractivity contribution in [2.24, 2.45) is 7.05 Å². The smallest absolute Gasteiger partial charge is 0.184 e. The highest BCUT2D eigenvalue weighted by Crippen LogP contribution is 2.36. The lowest BCUT2D eigenvalue weighted by atomic mass is 10.3. The summed E-state index contributed by atoms with van der Waals surface area (Å²) in [5.74, 6) is 0. The van der Waals surface area contributed by atoms with Gasteiger partial charge in [0, 0.05) is 11.5 Å². The van der Waals surface area contributed by atoms with Crippen molar-refractivity contribution in [3.63, 3.8) is 0 Å². The van der Waals surface area contributed by atoms with Gasteiger partial charge in [-0.25, -0.2) is 4.68 Å². The third-order valence-electron chi connectivity index (χ3n) is 3.33. The predicted molar refractivity (Wildman–Crippen MR) is 92.3 cm³/mol. The van der Waals surface area contributed by atoms with Gasteiger partial charge in [-0.05, 0) is 46.7 Å². The lowest BCUT2D eigenvalue weighted by Gasteiger charge is -2.09. The molecule has 0 aliphatic carbocycles. The van der Waals surface area contributed by atoms with Crippen molar-refractivity contribution in [1.29, 1.82) is 0 Å². The van der Waals surface area contributed by atoms with Gasteiger partial charge in [0.2, 0.25) is 0 Å². The van der Waals surface area contributed by atoms with Crippen LogP contribution in [0.3, 0.4) is 0 Å². The molecule has 1 aromatic carbocycles. The summed E-state index contributed by atoms with van der Waals surface area (Å²) < 4.78 is 4.97. The van der Waals surface area contributed by atoms with E-state index >= 15 is 0 Å². The molecule has 0 bridgehead atoms. The summed E-state index contributed by atoms with van der Waals surface area (Å²) in [5.41, 5.74) is 3.50. The van der Waals surface area contributed by atoms with Crippen LogP contribution in [0.15, 0.2) is 16.6 Å². The maximum Gasteiger partial charge on any atom is 0.184 e. The Labute approximate surface area is 144 Å². The van der Waals surface area contributed by atoms with Crippen molar-refractivity contribution in [2.45, 2.75) is 13.3 Å². The van der Waals surface area contributed by atoms with E-state index in [4.69, 9.17) is 35.4 Å². The Kier molecular flexibility index (Phi) is 3.90. The Bertz CT molecular complexity index is 909. The highest BCUT2D eigenvalue weighted by Gasteiger charge is 2.18. The second-order valence-corrected chi connectivity index (χ2v) is 6.58. The van der Waals surface area contributed by atoms with Crippen LogP contribution in [0.25, 0.3) is 16.9 Å². The summed E-state index contributed by atoms with van der Waals surface area (Å²) in [6.07, 6.45) is 0.821. The molecule has 3 rings (SSSR count). The van der Waals surface area contributed by atoms with Crippen LogP contribution < -0.4 is 0 Å². The fourth-order valence-corrected chi connectivity index (χ4v) is 3.51. The van der Waals surface area contributed by atoms with E-state index in [0.29, 0.717) is 14.8 Å². The number of rotatable bonds is 2. The molecule has 2 aromatic heterocycles. The fourth-order valence-electron chi connectivity index (χ4n) is 2.37. The highest BCUT2D eigenvalue weighted by atomic mass is 79.9. The van der Waals surface area contributed by atoms with Crippen molar-refractivity contribution < 1.29 is 0 Å². The molecule has 21 heavy (non-hydrogen) atoms. The number of benzene rings is 1. The van der Waals surface area contributed by atoms with Gasteiger partial charge in [0.25, 0.3) is 0 Å². The molecule has 0 amide bonds. The molecule has 0 atom stereocenters. The Morgan fingerprint density at radius 1 is 1.33 bits per heavy atom. The first-order valence-corrected chi connectivity index (χ1v) is 8.21. The summed E-state index contributed by atoms with van der Waals surface area (Å²) in [6, 6.07) is 3.72. The number of nitrogens with one attached hydrogen (secondary N) is 1. The summed E-state index contributed by atoms with van der Waals surface area (Å²) in [4.78, 5) is 3.21. The first-order valence-electron chi connectivity index (χ1n) is 6.26. The molecular formula is C13H11BrCl2N4S. The quantitative estimate of drug-likeness (QED) is 0.478. The summed E-state index contributed by atoms with van der Waals surface area (Å²) in [7, 11) is 1.88. The molecule has 0 aliphatic heterocycles. The van der Waals surface area contributed by atoms with Gasteiger partial charge in [0.05, 0.1) is 21.4 Å². The molecule has 0 spiro atoms. The molecule has 0 saturated carbocycles. The van der Waals surface area contributed by atoms with Gasteiger partial charge in [0.15, 0.2) is 10.4 Å². The van der Waals surface area contributed by atoms with E-state index in [9.17, 15) is 0 Å². The van der Waals surface area contributed by atoms with Crippen LogP contribution in [0.5, 0.6) is 0 Å². The number of aromatic nitrogens is 4. The third-order valence-corrected chi connectivity index (χ3v) is 5.37. The predicted octanol–water partition coefficient (Wildman–Crippen LogP) is 5.05. The highest BCUT2D eigenvalue weighted by molar-refractivity contribution is 9.10. The summed E-state index contributed by atoms with van der Waals surface area (Å²) >= 11 is 21.4. The van der Waals surface area contributed by atoms with Gasteiger partial charge in [-0.2, -0.15) is 5.10 Å². The number of H-pyrrole nitrogens is 1. The zero-order valence-corrected chi connectivity index (χ0v) is 15.2. The molecule has 2 heterocycles. The monoisotopic (exact) mass is 404 g/mol. The topological polar surface area (TPSA) is 38.5 Å². The molecule has 0 fully saturated rings. The van der Waals surface area contributed by atoms with Crippen LogP contribution >= 0.6 is 51.3 Å². The molecule has 8 heteroatoms. The third kappa shape index (κ3) is 2.25. The zero-order valence-electron chi connectivity index (χ0n) is 11.2. The van der Waals surface area contributed by atoms with Gasteiger partial charge >= 0.3 is 0 Å². The van der Waals surface area contributed by atoms with Crippen LogP contribution in [0.1, 0.15) is 12.6 Å². The average molecular weight is 406 g/mol. The van der Waals surface area contributed by atoms with E-state index in [1.165, 1.54) is 0 Å². The number of nitrogens with zero attached hydrogens (tertiary/aromatic N) is 3. The number of halogens is 3. The average Bonchev–Trinajstić information content (AvgIpc) is 2.94. The second-order valence-electron chi connectivity index (χ2n) is 4.58. The zero-order chi connectivity index (χ0) is 15.3. The van der Waals surface area contributed by atoms with Crippen molar-refractivity contribution in [2.75, 3.05) is 0 Å². The Morgan fingerprint density at radius 3 is 2.71 bits per heavy atom. The molecule has 4 nitrogen and oxygen atoms in total. The van der Waals surface area contributed by atoms with Gasteiger partial charge in [-0.1, -0.05) is 30.1 Å². The molecule has 0 aliphatic rings. The van der Waals surface area contributed by atoms with E-state index in [1.807, 2.05) is 23.7 Å². The van der Waals surface area contributed by atoms with E-state index in [-0.39, 0.29) is 0 Å². The minimum Gasteiger partial charge on any atom is -0.327 e. The molecule has 110 valence electrons. The maximum atomic E-state index is 6.38. The Morgan fingerprint density at radius 2 is 2.05 bits per heavy atom. The molecule has 0 saturated heterocycles. The lowest BCUT2D eigenvalue weighted by molar-refractivity contribution is 0.748. The lowest BCUT2D eigenvalue weighted by Crippen LogP contribution is -2.02. The normalized spacial score (nSPS) is 11.5. The summed E-state index contributed by atoms with van der Waals surface area (Å²) in [6.45, 7) is 2.06. The van der Waals surface area contributed by atoms with Gasteiger partial charge in [-0.15, -0.1) is 0 Å². The van der Waals surface area contributed by atoms with E-state index in [2.05, 4.69) is 32.9 Å². The maximum absolute atomic E-state index is 6.38. The summed E-state index contributed by atoms with van der Waals surface area (Å²) in [5, 5.41) is 5.41. The Balaban J connectivity index is 2.41. The van der Waals surface area contributed by atoms with Crippen molar-refractivity contribution in [1.82, 2.24) is 19.3 Å². The van der Waals surface area contributed by atoms with E-state index < -0.39 is 0 Å². The van der Waals surface area contributed by atoms with Gasteiger partial charge < -0.3 is 4.98 Å². The number of aromatic amines is 1. The number of imidazole rings is 1. The fraction of sp³-hybridized carbons (Fsp3) is 0.231. The van der Waals surface area contributed by atoms with Crippen LogP contribution in [-0.2, 0) is 13.5 Å². The minimum absolute atomic E-state index is 0.447. The number of fused-ring (bicyclic) bond motifs is 1. The molecule has 0 unspecified atom stereocenters. The SMILES string of the molecule is CCc1nn(C)c2c1[nH]c(=S)n2-c1ccc(Br)c(Cl)c1Cl. The standard InChI is InChI=1S/C13H11BrCl2N4S/c1-3-7-11-12(19(2)18-7)20(13(21)17-11)8-5-4-6(14)9(15)10(8)16/h4-5H,3H2,1-2H3,(H,17,21). The van der Waals surface area contributed by atoms with E-state index in [0.717, 1.165) is 33.4 Å². The molecule has 3 aromatic rings. The molecule has 0 radical (unpaired) electrons. The molecular weight excluding hydrogens is 395 g/mol. The minimum atomic E-state index is 0.447. The Hall–Kier alpha value is -0.820. The number of hydrogen-bond acceptors (Lipinski definition) is 2. The van der Waals surface area contributed by atoms with E-state index in [1.54, 1.807) is 4.68 Å². The van der Waals surface area contributed by atoms with Crippen molar-refractivity contribution in [3.8, 4) is 5.69 Å². The van der Waals surface area contributed by atoms with Crippen LogP contribution in [0, 0.1) is 4.77 Å². The molecule has 1 N–H and O–H groups in total. The number of aryl methyl sites for hydroxylation is 2. The van der Waals surface area contributed by atoms with Gasteiger partial charge in [0.1, 0.15) is 5.52 Å². The second kappa shape index (κ2) is 5.43. The first-order chi connectivity index (χ1) is 9.95. The first kappa shape index (κ1) is 15.1. The van der Waals surface area contributed by atoms with Crippen molar-refractivity contribution in [3.05, 3.63) is 37.1 Å². The largest absolute Gasteiger partial charge is 0.327 e. The van der Waals surface area contributed by atoms with Crippen LogP contribution in [0.4, 0.5) is 0 Å². The number of hydrogen-bond donors (Lipinski definition) is 1. The van der Waals surface area contributed by atoms with Crippen molar-refractivity contribution >= 4 is 62.5 Å². The van der Waals surface area contributed by atoms with Crippen LogP contribution in [-0.4, -0.2) is 19.3 Å².